The predicted octanol–water partition coefficient (Wildman–Crippen LogP) is 3.88. The largest absolute Gasteiger partial charge is 0.369 e. The maximum Gasteiger partial charge on any atom is 0.201 e. The summed E-state index contributed by atoms with van der Waals surface area (Å²) in [5.74, 6) is 0.580. The van der Waals surface area contributed by atoms with Gasteiger partial charge in [-0.05, 0) is 29.0 Å². The third kappa shape index (κ3) is 1.28. The molecule has 1 aliphatic rings. The van der Waals surface area contributed by atoms with Crippen LogP contribution in [0.25, 0.3) is 11.0 Å². The van der Waals surface area contributed by atoms with Gasteiger partial charge in [0, 0.05) is 11.1 Å². The summed E-state index contributed by atoms with van der Waals surface area (Å²) in [5.41, 5.74) is 8.48. The molecule has 3 rings (SSSR count). The second-order valence-electron chi connectivity index (χ2n) is 6.32. The molecule has 0 atom stereocenters. The van der Waals surface area contributed by atoms with Gasteiger partial charge < -0.3 is 10.3 Å². The number of imidazole rings is 1. The molecule has 3 nitrogen and oxygen atoms in total. The van der Waals surface area contributed by atoms with Crippen molar-refractivity contribution in [3.63, 3.8) is 0 Å². The molecule has 1 aromatic heterocycles. The summed E-state index contributed by atoms with van der Waals surface area (Å²) in [4.78, 5) is 4.43. The van der Waals surface area contributed by atoms with Crippen LogP contribution in [0.1, 0.15) is 33.7 Å². The van der Waals surface area contributed by atoms with Gasteiger partial charge in [0.15, 0.2) is 0 Å². The number of fused-ring (bicyclic) bond motifs is 1. The average molecular weight is 264 g/mol. The molecule has 0 bridgehead atoms. The molecule has 0 radical (unpaired) electrons. The molecule has 1 aliphatic carbocycles. The fraction of sp³-hybridized carbons (Fsp3) is 0.500. The van der Waals surface area contributed by atoms with Crippen LogP contribution in [-0.4, -0.2) is 9.55 Å². The molecule has 1 saturated carbocycles. The molecule has 0 saturated heterocycles. The van der Waals surface area contributed by atoms with Crippen molar-refractivity contribution in [2.75, 3.05) is 5.73 Å². The summed E-state index contributed by atoms with van der Waals surface area (Å²) in [6, 6.07) is 6.09. The first kappa shape index (κ1) is 11.8. The first-order chi connectivity index (χ1) is 8.26. The molecular formula is C14H18ClN3. The number of nitrogen functional groups attached to an aromatic ring is 1. The van der Waals surface area contributed by atoms with E-state index in [2.05, 4.69) is 37.2 Å². The van der Waals surface area contributed by atoms with Crippen molar-refractivity contribution in [3.8, 4) is 0 Å². The van der Waals surface area contributed by atoms with Gasteiger partial charge in [0.05, 0.1) is 11.0 Å². The molecule has 0 unspecified atom stereocenters. The topological polar surface area (TPSA) is 43.8 Å². The van der Waals surface area contributed by atoms with E-state index in [0.29, 0.717) is 12.0 Å². The number of nitrogens with two attached hydrogens (primary N) is 1. The van der Waals surface area contributed by atoms with Crippen LogP contribution < -0.4 is 5.73 Å². The van der Waals surface area contributed by atoms with E-state index < -0.39 is 0 Å². The van der Waals surface area contributed by atoms with Gasteiger partial charge >= 0.3 is 0 Å². The van der Waals surface area contributed by atoms with Crippen LogP contribution in [0.3, 0.4) is 0 Å². The Labute approximate surface area is 112 Å². The number of hydrogen-bond donors (Lipinski definition) is 1. The van der Waals surface area contributed by atoms with E-state index in [1.807, 2.05) is 18.2 Å². The maximum atomic E-state index is 6.10. The Morgan fingerprint density at radius 2 is 1.83 bits per heavy atom. The van der Waals surface area contributed by atoms with Gasteiger partial charge in [-0.3, -0.25) is 0 Å². The van der Waals surface area contributed by atoms with Crippen molar-refractivity contribution in [3.05, 3.63) is 23.2 Å². The highest BCUT2D eigenvalue weighted by Crippen LogP contribution is 2.72. The molecule has 1 aromatic carbocycles. The van der Waals surface area contributed by atoms with Gasteiger partial charge in [0.25, 0.3) is 0 Å². The van der Waals surface area contributed by atoms with Crippen LogP contribution in [0.4, 0.5) is 5.95 Å². The Balaban J connectivity index is 2.25. The van der Waals surface area contributed by atoms with Crippen LogP contribution in [0.15, 0.2) is 18.2 Å². The van der Waals surface area contributed by atoms with E-state index in [9.17, 15) is 0 Å². The van der Waals surface area contributed by atoms with Gasteiger partial charge in [0.1, 0.15) is 0 Å². The first-order valence-electron chi connectivity index (χ1n) is 6.20. The van der Waals surface area contributed by atoms with Crippen LogP contribution in [-0.2, 0) is 0 Å². The van der Waals surface area contributed by atoms with Gasteiger partial charge in [0.2, 0.25) is 5.95 Å². The molecule has 4 heteroatoms. The Morgan fingerprint density at radius 1 is 1.22 bits per heavy atom. The zero-order valence-electron chi connectivity index (χ0n) is 11.2. The third-order valence-corrected chi connectivity index (χ3v) is 5.12. The lowest BCUT2D eigenvalue weighted by Gasteiger charge is -2.08. The molecule has 1 heterocycles. The Hall–Kier alpha value is -1.22. The minimum atomic E-state index is 0.219. The molecule has 0 amide bonds. The summed E-state index contributed by atoms with van der Waals surface area (Å²) in [6.07, 6.45) is 0. The Morgan fingerprint density at radius 3 is 2.39 bits per heavy atom. The highest BCUT2D eigenvalue weighted by Gasteiger charge is 2.66. The SMILES string of the molecule is CC1(C)C(n2c(N)nc3ccc(Cl)cc32)C1(C)C. The monoisotopic (exact) mass is 263 g/mol. The molecular weight excluding hydrogens is 246 g/mol. The summed E-state index contributed by atoms with van der Waals surface area (Å²) in [7, 11) is 0. The molecule has 1 fully saturated rings. The molecule has 2 aromatic rings. The average Bonchev–Trinajstić information content (AvgIpc) is 2.53. The lowest BCUT2D eigenvalue weighted by molar-refractivity contribution is 0.457. The van der Waals surface area contributed by atoms with Crippen LogP contribution in [0.5, 0.6) is 0 Å². The summed E-state index contributed by atoms with van der Waals surface area (Å²) in [6.45, 7) is 9.09. The van der Waals surface area contributed by atoms with Crippen LogP contribution >= 0.6 is 11.6 Å². The van der Waals surface area contributed by atoms with Crippen molar-refractivity contribution in [1.82, 2.24) is 9.55 Å². The zero-order valence-corrected chi connectivity index (χ0v) is 11.9. The molecule has 2 N–H and O–H groups in total. The minimum absolute atomic E-state index is 0.219. The fourth-order valence-electron chi connectivity index (χ4n) is 3.16. The van der Waals surface area contributed by atoms with E-state index in [-0.39, 0.29) is 10.8 Å². The van der Waals surface area contributed by atoms with Crippen molar-refractivity contribution >= 4 is 28.6 Å². The normalized spacial score (nSPS) is 21.4. The molecule has 0 spiro atoms. The summed E-state index contributed by atoms with van der Waals surface area (Å²) in [5, 5.41) is 0.722. The molecule has 18 heavy (non-hydrogen) atoms. The highest BCUT2D eigenvalue weighted by molar-refractivity contribution is 6.31. The van der Waals surface area contributed by atoms with Gasteiger partial charge in [-0.2, -0.15) is 0 Å². The smallest absolute Gasteiger partial charge is 0.201 e. The lowest BCUT2D eigenvalue weighted by atomic mass is 10.0. The van der Waals surface area contributed by atoms with Crippen LogP contribution in [0.2, 0.25) is 5.02 Å². The summed E-state index contributed by atoms with van der Waals surface area (Å²) < 4.78 is 2.14. The van der Waals surface area contributed by atoms with E-state index in [0.717, 1.165) is 16.1 Å². The van der Waals surface area contributed by atoms with Crippen molar-refractivity contribution in [1.29, 1.82) is 0 Å². The van der Waals surface area contributed by atoms with Gasteiger partial charge in [-0.25, -0.2) is 4.98 Å². The predicted molar refractivity (Wildman–Crippen MR) is 75.8 cm³/mol. The number of halogens is 1. The zero-order chi connectivity index (χ0) is 13.3. The highest BCUT2D eigenvalue weighted by atomic mass is 35.5. The van der Waals surface area contributed by atoms with Crippen LogP contribution in [0, 0.1) is 10.8 Å². The molecule has 96 valence electrons. The summed E-state index contributed by atoms with van der Waals surface area (Å²) >= 11 is 6.09. The van der Waals surface area contributed by atoms with Crippen molar-refractivity contribution < 1.29 is 0 Å². The Bertz CT molecular complexity index is 626. The number of hydrogen-bond acceptors (Lipinski definition) is 2. The van der Waals surface area contributed by atoms with E-state index in [1.165, 1.54) is 0 Å². The third-order valence-electron chi connectivity index (χ3n) is 4.88. The quantitative estimate of drug-likeness (QED) is 0.849. The minimum Gasteiger partial charge on any atom is -0.369 e. The number of aromatic nitrogens is 2. The van der Waals surface area contributed by atoms with E-state index in [4.69, 9.17) is 17.3 Å². The fourth-order valence-corrected chi connectivity index (χ4v) is 3.33. The second-order valence-corrected chi connectivity index (χ2v) is 6.76. The number of rotatable bonds is 1. The number of nitrogens with zero attached hydrogens (tertiary/aromatic N) is 2. The van der Waals surface area contributed by atoms with Gasteiger partial charge in [-0.15, -0.1) is 0 Å². The van der Waals surface area contributed by atoms with E-state index >= 15 is 0 Å². The maximum absolute atomic E-state index is 6.10. The van der Waals surface area contributed by atoms with Gasteiger partial charge in [-0.1, -0.05) is 39.3 Å². The Kier molecular flexibility index (Phi) is 2.11. The lowest BCUT2D eigenvalue weighted by Crippen LogP contribution is -2.05. The first-order valence-corrected chi connectivity index (χ1v) is 6.57. The van der Waals surface area contributed by atoms with Crippen molar-refractivity contribution in [2.45, 2.75) is 33.7 Å². The van der Waals surface area contributed by atoms with Crippen molar-refractivity contribution in [2.24, 2.45) is 10.8 Å². The molecule has 0 aliphatic heterocycles. The number of anilines is 1. The number of benzene rings is 1. The standard InChI is InChI=1S/C14H18ClN3/c1-13(2)11(14(13,3)4)18-10-7-8(15)5-6-9(10)17-12(18)16/h5-7,11H,1-4H3,(H2,16,17). The van der Waals surface area contributed by atoms with E-state index in [1.54, 1.807) is 0 Å². The second kappa shape index (κ2) is 3.21.